The van der Waals surface area contributed by atoms with E-state index in [1.54, 1.807) is 4.90 Å². The highest BCUT2D eigenvalue weighted by atomic mass is 32.2. The van der Waals surface area contributed by atoms with E-state index >= 15 is 0 Å². The summed E-state index contributed by atoms with van der Waals surface area (Å²) in [5.41, 5.74) is 0. The summed E-state index contributed by atoms with van der Waals surface area (Å²) < 4.78 is 24.4. The van der Waals surface area contributed by atoms with E-state index in [2.05, 4.69) is 4.72 Å². The Kier molecular flexibility index (Phi) is 3.49. The fraction of sp³-hybridized carbons (Fsp3) is 0.875. The number of hydrogen-bond acceptors (Lipinski definition) is 3. The molecule has 1 rings (SSSR count). The Bertz CT molecular complexity index is 313. The molecule has 0 unspecified atom stereocenters. The second-order valence-electron chi connectivity index (χ2n) is 3.69. The highest BCUT2D eigenvalue weighted by Gasteiger charge is 2.23. The van der Waals surface area contributed by atoms with Gasteiger partial charge < -0.3 is 4.90 Å². The minimum atomic E-state index is -3.16. The van der Waals surface area contributed by atoms with Crippen LogP contribution < -0.4 is 4.72 Å². The zero-order valence-electron chi connectivity index (χ0n) is 8.49. The van der Waals surface area contributed by atoms with Crippen LogP contribution in [0.3, 0.4) is 0 Å². The van der Waals surface area contributed by atoms with Gasteiger partial charge in [0.05, 0.1) is 6.26 Å². The summed E-state index contributed by atoms with van der Waals surface area (Å²) in [5, 5.41) is 0. The van der Waals surface area contributed by atoms with Crippen LogP contribution in [-0.4, -0.2) is 44.6 Å². The van der Waals surface area contributed by atoms with Crippen molar-refractivity contribution >= 4 is 15.9 Å². The molecule has 0 aliphatic carbocycles. The lowest BCUT2D eigenvalue weighted by molar-refractivity contribution is -0.130. The molecule has 1 fully saturated rings. The van der Waals surface area contributed by atoms with Gasteiger partial charge in [-0.3, -0.25) is 4.79 Å². The Morgan fingerprint density at radius 2 is 2.14 bits per heavy atom. The van der Waals surface area contributed by atoms with Gasteiger partial charge in [0.2, 0.25) is 15.9 Å². The lowest BCUT2D eigenvalue weighted by Crippen LogP contribution is -2.48. The van der Waals surface area contributed by atoms with Gasteiger partial charge in [0.1, 0.15) is 0 Å². The largest absolute Gasteiger partial charge is 0.341 e. The van der Waals surface area contributed by atoms with E-state index in [0.29, 0.717) is 6.54 Å². The maximum Gasteiger partial charge on any atom is 0.219 e. The molecule has 1 amide bonds. The van der Waals surface area contributed by atoms with Gasteiger partial charge in [0.15, 0.2) is 0 Å². The van der Waals surface area contributed by atoms with Gasteiger partial charge in [-0.15, -0.1) is 0 Å². The number of amides is 1. The molecule has 14 heavy (non-hydrogen) atoms. The summed E-state index contributed by atoms with van der Waals surface area (Å²) in [5.74, 6) is 0.00463. The third-order valence-corrected chi connectivity index (χ3v) is 3.01. The van der Waals surface area contributed by atoms with Crippen molar-refractivity contribution in [3.8, 4) is 0 Å². The molecule has 0 spiro atoms. The molecule has 1 aliphatic rings. The SMILES string of the molecule is CC(=O)N1CCC[C@@H](NS(C)(=O)=O)C1. The van der Waals surface area contributed by atoms with E-state index in [9.17, 15) is 13.2 Å². The van der Waals surface area contributed by atoms with Crippen LogP contribution in [0, 0.1) is 0 Å². The van der Waals surface area contributed by atoms with E-state index in [0.717, 1.165) is 25.6 Å². The molecule has 0 radical (unpaired) electrons. The minimum Gasteiger partial charge on any atom is -0.341 e. The van der Waals surface area contributed by atoms with Crippen LogP contribution in [0.15, 0.2) is 0 Å². The Labute approximate surface area is 84.5 Å². The second-order valence-corrected chi connectivity index (χ2v) is 5.47. The van der Waals surface area contributed by atoms with Gasteiger partial charge in [-0.1, -0.05) is 0 Å². The first kappa shape index (κ1) is 11.5. The smallest absolute Gasteiger partial charge is 0.219 e. The maximum atomic E-state index is 11.1. The highest BCUT2D eigenvalue weighted by molar-refractivity contribution is 7.88. The average Bonchev–Trinajstić information content (AvgIpc) is 2.01. The summed E-state index contributed by atoms with van der Waals surface area (Å²) >= 11 is 0. The molecule has 1 saturated heterocycles. The Morgan fingerprint density at radius 3 is 2.64 bits per heavy atom. The minimum absolute atomic E-state index is 0.00463. The number of rotatable bonds is 2. The predicted octanol–water partition coefficient (Wildman–Crippen LogP) is -0.453. The lowest BCUT2D eigenvalue weighted by Gasteiger charge is -2.31. The molecule has 1 aliphatic heterocycles. The lowest BCUT2D eigenvalue weighted by atomic mass is 10.1. The molecular weight excluding hydrogens is 204 g/mol. The number of nitrogens with zero attached hydrogens (tertiary/aromatic N) is 1. The van der Waals surface area contributed by atoms with Crippen LogP contribution in [-0.2, 0) is 14.8 Å². The average molecular weight is 220 g/mol. The molecular formula is C8H16N2O3S. The maximum absolute atomic E-state index is 11.1. The van der Waals surface area contributed by atoms with Crippen molar-refractivity contribution in [2.45, 2.75) is 25.8 Å². The van der Waals surface area contributed by atoms with Gasteiger partial charge in [0, 0.05) is 26.1 Å². The van der Waals surface area contributed by atoms with Crippen LogP contribution in [0.2, 0.25) is 0 Å². The monoisotopic (exact) mass is 220 g/mol. The highest BCUT2D eigenvalue weighted by Crippen LogP contribution is 2.10. The number of likely N-dealkylation sites (tertiary alicyclic amines) is 1. The first-order chi connectivity index (χ1) is 6.38. The predicted molar refractivity (Wildman–Crippen MR) is 53.3 cm³/mol. The summed E-state index contributed by atoms with van der Waals surface area (Å²) in [6, 6.07) is -0.123. The first-order valence-electron chi connectivity index (χ1n) is 4.61. The molecule has 0 aromatic heterocycles. The standard InChI is InChI=1S/C8H16N2O3S/c1-7(11)10-5-3-4-8(6-10)9-14(2,12)13/h8-9H,3-6H2,1-2H3/t8-/m1/s1. The topological polar surface area (TPSA) is 66.5 Å². The second kappa shape index (κ2) is 4.27. The summed E-state index contributed by atoms with van der Waals surface area (Å²) in [4.78, 5) is 12.7. The molecule has 1 N–H and O–H groups in total. The summed E-state index contributed by atoms with van der Waals surface area (Å²) in [6.45, 7) is 2.72. The van der Waals surface area contributed by atoms with E-state index in [4.69, 9.17) is 0 Å². The van der Waals surface area contributed by atoms with E-state index in [1.165, 1.54) is 6.92 Å². The van der Waals surface area contributed by atoms with Gasteiger partial charge in [-0.05, 0) is 12.8 Å². The number of nitrogens with one attached hydrogen (secondary N) is 1. The molecule has 1 heterocycles. The Morgan fingerprint density at radius 1 is 1.50 bits per heavy atom. The number of piperidine rings is 1. The quantitative estimate of drug-likeness (QED) is 0.685. The van der Waals surface area contributed by atoms with E-state index < -0.39 is 10.0 Å². The molecule has 0 aromatic carbocycles. The molecule has 82 valence electrons. The van der Waals surface area contributed by atoms with Crippen LogP contribution >= 0.6 is 0 Å². The fourth-order valence-corrected chi connectivity index (χ4v) is 2.46. The molecule has 0 aromatic rings. The van der Waals surface area contributed by atoms with Crippen LogP contribution in [0.4, 0.5) is 0 Å². The van der Waals surface area contributed by atoms with E-state index in [-0.39, 0.29) is 11.9 Å². The number of carbonyl (C=O) groups excluding carboxylic acids is 1. The van der Waals surface area contributed by atoms with Gasteiger partial charge in [-0.25, -0.2) is 13.1 Å². The molecule has 6 heteroatoms. The van der Waals surface area contributed by atoms with E-state index in [1.807, 2.05) is 0 Å². The number of sulfonamides is 1. The van der Waals surface area contributed by atoms with Crippen LogP contribution in [0.1, 0.15) is 19.8 Å². The van der Waals surface area contributed by atoms with Crippen molar-refractivity contribution in [1.82, 2.24) is 9.62 Å². The summed E-state index contributed by atoms with van der Waals surface area (Å²) in [7, 11) is -3.16. The normalized spacial score (nSPS) is 23.6. The van der Waals surface area contributed by atoms with Crippen molar-refractivity contribution in [3.05, 3.63) is 0 Å². The van der Waals surface area contributed by atoms with Crippen LogP contribution in [0.25, 0.3) is 0 Å². The van der Waals surface area contributed by atoms with Gasteiger partial charge >= 0.3 is 0 Å². The van der Waals surface area contributed by atoms with Crippen molar-refractivity contribution in [1.29, 1.82) is 0 Å². The van der Waals surface area contributed by atoms with Crippen LogP contribution in [0.5, 0.6) is 0 Å². The molecule has 0 saturated carbocycles. The van der Waals surface area contributed by atoms with Crippen molar-refractivity contribution in [3.63, 3.8) is 0 Å². The third-order valence-electron chi connectivity index (χ3n) is 2.25. The van der Waals surface area contributed by atoms with Gasteiger partial charge in [0.25, 0.3) is 0 Å². The van der Waals surface area contributed by atoms with Gasteiger partial charge in [-0.2, -0.15) is 0 Å². The molecule has 1 atom stereocenters. The fourth-order valence-electron chi connectivity index (χ4n) is 1.66. The third kappa shape index (κ3) is 3.63. The summed E-state index contributed by atoms with van der Waals surface area (Å²) in [6.07, 6.45) is 2.79. The molecule has 5 nitrogen and oxygen atoms in total. The zero-order valence-corrected chi connectivity index (χ0v) is 9.30. The Hall–Kier alpha value is -0.620. The first-order valence-corrected chi connectivity index (χ1v) is 6.50. The molecule has 0 bridgehead atoms. The van der Waals surface area contributed by atoms with Crippen molar-refractivity contribution < 1.29 is 13.2 Å². The zero-order chi connectivity index (χ0) is 10.8. The Balaban J connectivity index is 2.52. The number of carbonyl (C=O) groups is 1. The van der Waals surface area contributed by atoms with Crippen molar-refractivity contribution in [2.24, 2.45) is 0 Å². The number of hydrogen-bond donors (Lipinski definition) is 1. The van der Waals surface area contributed by atoms with Crippen molar-refractivity contribution in [2.75, 3.05) is 19.3 Å².